The highest BCUT2D eigenvalue weighted by Crippen LogP contribution is 2.31. The molecule has 2 aromatic rings. The van der Waals surface area contributed by atoms with Gasteiger partial charge in [-0.25, -0.2) is 0 Å². The van der Waals surface area contributed by atoms with Gasteiger partial charge in [-0.15, -0.1) is 0 Å². The molecule has 28 heavy (non-hydrogen) atoms. The average molecular weight is 406 g/mol. The molecule has 0 radical (unpaired) electrons. The molecule has 1 amide bonds. The monoisotopic (exact) mass is 405 g/mol. The summed E-state index contributed by atoms with van der Waals surface area (Å²) < 4.78 is 11.3. The minimum Gasteiger partial charge on any atom is -0.423 e. The highest BCUT2D eigenvalue weighted by Gasteiger charge is 2.36. The van der Waals surface area contributed by atoms with Gasteiger partial charge in [-0.3, -0.25) is 4.79 Å². The first-order valence-corrected chi connectivity index (χ1v) is 10.6. The third kappa shape index (κ3) is 4.28. The van der Waals surface area contributed by atoms with Crippen LogP contribution in [0.2, 0.25) is 5.02 Å². The number of fused-ring (bicyclic) bond motifs is 1. The summed E-state index contributed by atoms with van der Waals surface area (Å²) >= 11 is 6.04. The quantitative estimate of drug-likeness (QED) is 0.781. The fourth-order valence-electron chi connectivity index (χ4n) is 4.67. The van der Waals surface area contributed by atoms with Gasteiger partial charge < -0.3 is 19.4 Å². The molecule has 152 valence electrons. The van der Waals surface area contributed by atoms with Crippen molar-refractivity contribution in [2.75, 3.05) is 31.7 Å². The summed E-state index contributed by atoms with van der Waals surface area (Å²) in [7, 11) is 1.71. The molecule has 1 saturated carbocycles. The van der Waals surface area contributed by atoms with Crippen molar-refractivity contribution < 1.29 is 13.9 Å². The van der Waals surface area contributed by atoms with E-state index in [-0.39, 0.29) is 11.4 Å². The number of ether oxygens (including phenoxy) is 1. The van der Waals surface area contributed by atoms with E-state index in [9.17, 15) is 4.79 Å². The molecule has 4 rings (SSSR count). The number of anilines is 1. The molecule has 2 fully saturated rings. The molecule has 1 N–H and O–H groups in total. The van der Waals surface area contributed by atoms with Crippen molar-refractivity contribution in [1.82, 2.24) is 10.3 Å². The number of oxazole rings is 1. The summed E-state index contributed by atoms with van der Waals surface area (Å²) in [5.74, 6) is 0.434. The number of aromatic nitrogens is 1. The van der Waals surface area contributed by atoms with Gasteiger partial charge in [-0.1, -0.05) is 24.4 Å². The summed E-state index contributed by atoms with van der Waals surface area (Å²) in [4.78, 5) is 19.5. The van der Waals surface area contributed by atoms with Crippen LogP contribution in [0.25, 0.3) is 11.1 Å². The van der Waals surface area contributed by atoms with Gasteiger partial charge in [0, 0.05) is 37.7 Å². The maximum absolute atomic E-state index is 12.7. The lowest BCUT2D eigenvalue weighted by Gasteiger charge is -2.33. The Morgan fingerprint density at radius 3 is 3.00 bits per heavy atom. The molecule has 7 heteroatoms. The number of hydrogen-bond acceptors (Lipinski definition) is 5. The van der Waals surface area contributed by atoms with Crippen molar-refractivity contribution >= 4 is 34.6 Å². The lowest BCUT2D eigenvalue weighted by molar-refractivity contribution is -0.124. The summed E-state index contributed by atoms with van der Waals surface area (Å²) in [5.41, 5.74) is 1.34. The van der Waals surface area contributed by atoms with Crippen LogP contribution in [0.15, 0.2) is 22.6 Å². The number of hydrogen-bond donors (Lipinski definition) is 1. The van der Waals surface area contributed by atoms with E-state index in [1.807, 2.05) is 12.1 Å². The normalized spacial score (nSPS) is 21.9. The minimum atomic E-state index is -0.167. The maximum Gasteiger partial charge on any atom is 0.298 e. The molecular weight excluding hydrogens is 378 g/mol. The van der Waals surface area contributed by atoms with Crippen LogP contribution >= 0.6 is 11.6 Å². The van der Waals surface area contributed by atoms with Crippen LogP contribution in [0, 0.1) is 5.92 Å². The number of methoxy groups -OCH3 is 1. The predicted molar refractivity (Wildman–Crippen MR) is 110 cm³/mol. The summed E-state index contributed by atoms with van der Waals surface area (Å²) in [6.45, 7) is 2.28. The van der Waals surface area contributed by atoms with E-state index in [1.165, 1.54) is 0 Å². The molecule has 1 aliphatic heterocycles. The van der Waals surface area contributed by atoms with E-state index in [1.54, 1.807) is 13.2 Å². The number of nitrogens with zero attached hydrogens (tertiary/aromatic N) is 2. The Morgan fingerprint density at radius 2 is 2.21 bits per heavy atom. The smallest absolute Gasteiger partial charge is 0.298 e. The first-order chi connectivity index (χ1) is 13.6. The average Bonchev–Trinajstić information content (AvgIpc) is 3.29. The molecule has 1 unspecified atom stereocenters. The molecule has 1 saturated heterocycles. The fraction of sp³-hybridized carbons (Fsp3) is 0.619. The number of halogens is 1. The van der Waals surface area contributed by atoms with Gasteiger partial charge in [-0.05, 0) is 43.7 Å². The molecule has 2 heterocycles. The van der Waals surface area contributed by atoms with Gasteiger partial charge >= 0.3 is 0 Å². The van der Waals surface area contributed by atoms with Crippen LogP contribution < -0.4 is 10.2 Å². The lowest BCUT2D eigenvalue weighted by Crippen LogP contribution is -2.50. The second-order valence-corrected chi connectivity index (χ2v) is 8.67. The topological polar surface area (TPSA) is 67.6 Å². The fourth-order valence-corrected chi connectivity index (χ4v) is 4.83. The third-order valence-electron chi connectivity index (χ3n) is 5.99. The molecule has 0 spiro atoms. The summed E-state index contributed by atoms with van der Waals surface area (Å²) in [6.07, 6.45) is 6.94. The standard InChI is InChI=1S/C21H28ClN3O3/c1-27-14-21(8-2-3-9-21)24-19(26)11-15-5-4-10-25(13-15)20-23-17-7-6-16(22)12-18(17)28-20/h6-7,12,15H,2-5,8-11,13-14H2,1H3,(H,24,26). The van der Waals surface area contributed by atoms with Crippen LogP contribution in [0.1, 0.15) is 44.9 Å². The van der Waals surface area contributed by atoms with E-state index in [0.29, 0.717) is 35.6 Å². The molecule has 2 aliphatic rings. The van der Waals surface area contributed by atoms with Gasteiger partial charge in [0.1, 0.15) is 5.52 Å². The van der Waals surface area contributed by atoms with E-state index in [2.05, 4.69) is 15.2 Å². The first-order valence-electron chi connectivity index (χ1n) is 10.2. The Bertz CT molecular complexity index is 831. The Balaban J connectivity index is 1.38. The van der Waals surface area contributed by atoms with E-state index in [4.69, 9.17) is 20.8 Å². The molecule has 1 aromatic carbocycles. The van der Waals surface area contributed by atoms with Crippen LogP contribution in [0.5, 0.6) is 0 Å². The van der Waals surface area contributed by atoms with Crippen molar-refractivity contribution in [2.24, 2.45) is 5.92 Å². The number of benzene rings is 1. The number of rotatable bonds is 6. The van der Waals surface area contributed by atoms with Crippen LogP contribution in [-0.4, -0.2) is 43.2 Å². The Labute approximate surface area is 170 Å². The second kappa shape index (κ2) is 8.29. The highest BCUT2D eigenvalue weighted by atomic mass is 35.5. The van der Waals surface area contributed by atoms with Crippen molar-refractivity contribution in [1.29, 1.82) is 0 Å². The van der Waals surface area contributed by atoms with Gasteiger partial charge in [0.15, 0.2) is 5.58 Å². The van der Waals surface area contributed by atoms with Crippen molar-refractivity contribution in [3.05, 3.63) is 23.2 Å². The zero-order valence-electron chi connectivity index (χ0n) is 16.4. The number of carbonyl (C=O) groups excluding carboxylic acids is 1. The number of carbonyl (C=O) groups is 1. The predicted octanol–water partition coefficient (Wildman–Crippen LogP) is 4.16. The molecule has 1 aromatic heterocycles. The van der Waals surface area contributed by atoms with Crippen molar-refractivity contribution in [3.63, 3.8) is 0 Å². The van der Waals surface area contributed by atoms with Crippen LogP contribution in [0.4, 0.5) is 6.01 Å². The summed E-state index contributed by atoms with van der Waals surface area (Å²) in [5, 5.41) is 3.93. The van der Waals surface area contributed by atoms with Crippen molar-refractivity contribution in [2.45, 2.75) is 50.5 Å². The van der Waals surface area contributed by atoms with E-state index in [0.717, 1.165) is 57.1 Å². The van der Waals surface area contributed by atoms with Crippen LogP contribution in [0.3, 0.4) is 0 Å². The molecule has 1 aliphatic carbocycles. The van der Waals surface area contributed by atoms with Gasteiger partial charge in [-0.2, -0.15) is 4.98 Å². The zero-order valence-corrected chi connectivity index (χ0v) is 17.1. The molecular formula is C21H28ClN3O3. The van der Waals surface area contributed by atoms with Gasteiger partial charge in [0.2, 0.25) is 5.91 Å². The first kappa shape index (κ1) is 19.5. The van der Waals surface area contributed by atoms with Crippen LogP contribution in [-0.2, 0) is 9.53 Å². The second-order valence-electron chi connectivity index (χ2n) is 8.24. The Kier molecular flexibility index (Phi) is 5.78. The molecule has 1 atom stereocenters. The zero-order chi connectivity index (χ0) is 19.6. The largest absolute Gasteiger partial charge is 0.423 e. The lowest BCUT2D eigenvalue weighted by atomic mass is 9.93. The van der Waals surface area contributed by atoms with Gasteiger partial charge in [0.05, 0.1) is 12.1 Å². The molecule has 6 nitrogen and oxygen atoms in total. The third-order valence-corrected chi connectivity index (χ3v) is 6.22. The van der Waals surface area contributed by atoms with E-state index < -0.39 is 0 Å². The Morgan fingerprint density at radius 1 is 1.39 bits per heavy atom. The number of amides is 1. The summed E-state index contributed by atoms with van der Waals surface area (Å²) in [6, 6.07) is 6.10. The maximum atomic E-state index is 12.7. The number of piperidine rings is 1. The SMILES string of the molecule is COCC1(NC(=O)CC2CCCN(c3nc4ccc(Cl)cc4o3)C2)CCCC1. The number of nitrogens with one attached hydrogen (secondary N) is 1. The highest BCUT2D eigenvalue weighted by molar-refractivity contribution is 6.31. The van der Waals surface area contributed by atoms with Gasteiger partial charge in [0.25, 0.3) is 6.01 Å². The minimum absolute atomic E-state index is 0.134. The van der Waals surface area contributed by atoms with Crippen molar-refractivity contribution in [3.8, 4) is 0 Å². The Hall–Kier alpha value is -1.79. The molecule has 0 bridgehead atoms. The van der Waals surface area contributed by atoms with E-state index >= 15 is 0 Å².